The average molecular weight is 380 g/mol. The van der Waals surface area contributed by atoms with Crippen LogP contribution in [-0.4, -0.2) is 41.9 Å². The van der Waals surface area contributed by atoms with E-state index in [0.717, 1.165) is 37.2 Å². The first-order valence-electron chi connectivity index (χ1n) is 10.6. The lowest BCUT2D eigenvalue weighted by molar-refractivity contribution is 0.0708. The van der Waals surface area contributed by atoms with Crippen molar-refractivity contribution < 1.29 is 4.79 Å². The lowest BCUT2D eigenvalue weighted by atomic mass is 10.0. The van der Waals surface area contributed by atoms with Crippen LogP contribution in [0.3, 0.4) is 0 Å². The molecule has 0 spiro atoms. The van der Waals surface area contributed by atoms with E-state index in [1.807, 2.05) is 23.1 Å². The third-order valence-corrected chi connectivity index (χ3v) is 5.71. The van der Waals surface area contributed by atoms with Crippen molar-refractivity contribution in [3.8, 4) is 0 Å². The third-order valence-electron chi connectivity index (χ3n) is 5.71. The number of hydrogen-bond acceptors (Lipinski definition) is 3. The van der Waals surface area contributed by atoms with Crippen LogP contribution in [0.2, 0.25) is 0 Å². The van der Waals surface area contributed by atoms with Crippen molar-refractivity contribution in [2.45, 2.75) is 46.2 Å². The second kappa shape index (κ2) is 9.74. The molecule has 0 fully saturated rings. The molecule has 0 aliphatic carbocycles. The molecule has 0 saturated carbocycles. The Balaban J connectivity index is 1.86. The van der Waals surface area contributed by atoms with Gasteiger partial charge in [-0.25, -0.2) is 0 Å². The second-order valence-electron chi connectivity index (χ2n) is 7.45. The summed E-state index contributed by atoms with van der Waals surface area (Å²) in [6.07, 6.45) is 2.33. The molecule has 0 saturated heterocycles. The summed E-state index contributed by atoms with van der Waals surface area (Å²) in [6, 6.07) is 16.8. The van der Waals surface area contributed by atoms with Crippen LogP contribution in [0.15, 0.2) is 48.5 Å². The summed E-state index contributed by atoms with van der Waals surface area (Å²) < 4.78 is 0. The van der Waals surface area contributed by atoms with Gasteiger partial charge in [-0.2, -0.15) is 0 Å². The molecule has 3 rings (SSSR count). The number of likely N-dealkylation sites (N-methyl/N-ethyl adjacent to an activating group) is 1. The highest BCUT2D eigenvalue weighted by Gasteiger charge is 2.31. The van der Waals surface area contributed by atoms with Gasteiger partial charge in [-0.3, -0.25) is 9.69 Å². The number of carbonyl (C=O) groups excluding carboxylic acids is 1. The SMILES string of the molecule is CCCCNc1ccccc1C(CN1Cc2ccccc2C1=O)N(CC)CC. The number of rotatable bonds is 10. The van der Waals surface area contributed by atoms with Crippen LogP contribution in [0.4, 0.5) is 5.69 Å². The van der Waals surface area contributed by atoms with Crippen molar-refractivity contribution in [2.24, 2.45) is 0 Å². The average Bonchev–Trinajstić information content (AvgIpc) is 3.04. The van der Waals surface area contributed by atoms with E-state index in [4.69, 9.17) is 0 Å². The molecular formula is C24H33N3O. The van der Waals surface area contributed by atoms with E-state index < -0.39 is 0 Å². The first-order chi connectivity index (χ1) is 13.7. The quantitative estimate of drug-likeness (QED) is 0.594. The fourth-order valence-corrected chi connectivity index (χ4v) is 4.09. The minimum Gasteiger partial charge on any atom is -0.385 e. The number of anilines is 1. The predicted octanol–water partition coefficient (Wildman–Crippen LogP) is 4.94. The number of carbonyl (C=O) groups is 1. The maximum absolute atomic E-state index is 13.0. The molecule has 0 bridgehead atoms. The van der Waals surface area contributed by atoms with Crippen LogP contribution in [0.1, 0.15) is 61.1 Å². The van der Waals surface area contributed by atoms with Gasteiger partial charge in [0.1, 0.15) is 0 Å². The predicted molar refractivity (Wildman–Crippen MR) is 117 cm³/mol. The lowest BCUT2D eigenvalue weighted by Crippen LogP contribution is -2.38. The molecule has 28 heavy (non-hydrogen) atoms. The van der Waals surface area contributed by atoms with Crippen molar-refractivity contribution in [1.29, 1.82) is 0 Å². The molecule has 0 radical (unpaired) electrons. The molecule has 1 heterocycles. The zero-order valence-electron chi connectivity index (χ0n) is 17.4. The molecule has 1 aliphatic heterocycles. The van der Waals surface area contributed by atoms with E-state index >= 15 is 0 Å². The highest BCUT2D eigenvalue weighted by atomic mass is 16.2. The summed E-state index contributed by atoms with van der Waals surface area (Å²) in [4.78, 5) is 17.4. The Morgan fingerprint density at radius 3 is 2.46 bits per heavy atom. The van der Waals surface area contributed by atoms with Crippen LogP contribution in [0.5, 0.6) is 0 Å². The molecule has 1 unspecified atom stereocenters. The Morgan fingerprint density at radius 1 is 1.04 bits per heavy atom. The Morgan fingerprint density at radius 2 is 1.75 bits per heavy atom. The molecule has 0 aromatic heterocycles. The van der Waals surface area contributed by atoms with Crippen molar-refractivity contribution in [2.75, 3.05) is 31.5 Å². The summed E-state index contributed by atoms with van der Waals surface area (Å²) in [5.41, 5.74) is 4.47. The fourth-order valence-electron chi connectivity index (χ4n) is 4.09. The van der Waals surface area contributed by atoms with E-state index in [2.05, 4.69) is 61.3 Å². The Hall–Kier alpha value is -2.33. The Labute approximate surface area is 169 Å². The minimum atomic E-state index is 0.157. The summed E-state index contributed by atoms with van der Waals surface area (Å²) in [5, 5.41) is 3.62. The molecule has 1 atom stereocenters. The molecule has 1 amide bonds. The Bertz CT molecular complexity index is 785. The zero-order valence-corrected chi connectivity index (χ0v) is 17.4. The monoisotopic (exact) mass is 379 g/mol. The maximum Gasteiger partial charge on any atom is 0.254 e. The molecule has 2 aromatic rings. The number of unbranched alkanes of at least 4 members (excludes halogenated alkanes) is 1. The van der Waals surface area contributed by atoms with Crippen LogP contribution in [0, 0.1) is 0 Å². The van der Waals surface area contributed by atoms with Gasteiger partial charge in [0, 0.05) is 30.9 Å². The van der Waals surface area contributed by atoms with Gasteiger partial charge in [-0.05, 0) is 42.8 Å². The van der Waals surface area contributed by atoms with Crippen LogP contribution >= 0.6 is 0 Å². The fraction of sp³-hybridized carbons (Fsp3) is 0.458. The highest BCUT2D eigenvalue weighted by molar-refractivity contribution is 5.98. The van der Waals surface area contributed by atoms with Gasteiger partial charge in [0.15, 0.2) is 0 Å². The van der Waals surface area contributed by atoms with Gasteiger partial charge in [0.25, 0.3) is 5.91 Å². The van der Waals surface area contributed by atoms with Gasteiger partial charge in [-0.1, -0.05) is 63.6 Å². The minimum absolute atomic E-state index is 0.157. The van der Waals surface area contributed by atoms with Gasteiger partial charge in [-0.15, -0.1) is 0 Å². The van der Waals surface area contributed by atoms with Gasteiger partial charge < -0.3 is 10.2 Å². The molecule has 2 aromatic carbocycles. The number of nitrogens with zero attached hydrogens (tertiary/aromatic N) is 2. The van der Waals surface area contributed by atoms with E-state index in [-0.39, 0.29) is 11.9 Å². The number of amides is 1. The van der Waals surface area contributed by atoms with Gasteiger partial charge in [0.05, 0.1) is 6.04 Å². The van der Waals surface area contributed by atoms with Crippen molar-refractivity contribution in [3.63, 3.8) is 0 Å². The van der Waals surface area contributed by atoms with Crippen LogP contribution in [-0.2, 0) is 6.54 Å². The molecule has 4 heteroatoms. The standard InChI is InChI=1S/C24H33N3O/c1-4-7-16-25-22-15-11-10-14-21(22)23(26(5-2)6-3)18-27-17-19-12-8-9-13-20(19)24(27)28/h8-15,23,25H,4-7,16-18H2,1-3H3. The third kappa shape index (κ3) is 4.39. The van der Waals surface area contributed by atoms with E-state index in [1.165, 1.54) is 17.7 Å². The number of nitrogens with one attached hydrogen (secondary N) is 1. The summed E-state index contributed by atoms with van der Waals surface area (Å²) >= 11 is 0. The highest BCUT2D eigenvalue weighted by Crippen LogP contribution is 2.31. The molecule has 150 valence electrons. The number of para-hydroxylation sites is 1. The largest absolute Gasteiger partial charge is 0.385 e. The number of hydrogen-bond donors (Lipinski definition) is 1. The van der Waals surface area contributed by atoms with Gasteiger partial charge >= 0.3 is 0 Å². The van der Waals surface area contributed by atoms with E-state index in [1.54, 1.807) is 0 Å². The van der Waals surface area contributed by atoms with Gasteiger partial charge in [0.2, 0.25) is 0 Å². The smallest absolute Gasteiger partial charge is 0.254 e. The Kier molecular flexibility index (Phi) is 7.10. The van der Waals surface area contributed by atoms with Crippen molar-refractivity contribution in [1.82, 2.24) is 9.80 Å². The molecule has 1 N–H and O–H groups in total. The first-order valence-corrected chi connectivity index (χ1v) is 10.6. The summed E-state index contributed by atoms with van der Waals surface area (Å²) in [5.74, 6) is 0.157. The lowest BCUT2D eigenvalue weighted by Gasteiger charge is -2.34. The number of benzene rings is 2. The summed E-state index contributed by atoms with van der Waals surface area (Å²) in [7, 11) is 0. The maximum atomic E-state index is 13.0. The first kappa shape index (κ1) is 20.4. The summed E-state index contributed by atoms with van der Waals surface area (Å²) in [6.45, 7) is 10.9. The van der Waals surface area contributed by atoms with Crippen molar-refractivity contribution >= 4 is 11.6 Å². The number of fused-ring (bicyclic) bond motifs is 1. The van der Waals surface area contributed by atoms with Crippen LogP contribution in [0.25, 0.3) is 0 Å². The molecular weight excluding hydrogens is 346 g/mol. The van der Waals surface area contributed by atoms with E-state index in [9.17, 15) is 4.79 Å². The molecule has 1 aliphatic rings. The second-order valence-corrected chi connectivity index (χ2v) is 7.45. The topological polar surface area (TPSA) is 35.6 Å². The van der Waals surface area contributed by atoms with E-state index in [0.29, 0.717) is 13.1 Å². The van der Waals surface area contributed by atoms with Crippen molar-refractivity contribution in [3.05, 3.63) is 65.2 Å². The zero-order chi connectivity index (χ0) is 19.9. The molecule has 4 nitrogen and oxygen atoms in total. The normalized spacial score (nSPS) is 14.4. The van der Waals surface area contributed by atoms with Crippen LogP contribution < -0.4 is 5.32 Å².